The number of nitrogens with zero attached hydrogens (tertiary/aromatic N) is 4. The molecule has 1 saturated heterocycles. The van der Waals surface area contributed by atoms with E-state index >= 15 is 0 Å². The van der Waals surface area contributed by atoms with Crippen molar-refractivity contribution in [3.05, 3.63) is 33.9 Å². The zero-order valence-electron chi connectivity index (χ0n) is 11.8. The maximum Gasteiger partial charge on any atom is 0.292 e. The number of carbonyl (C=O) groups is 1. The Morgan fingerprint density at radius 1 is 1.43 bits per heavy atom. The largest absolute Gasteiger partial charge is 0.357 e. The molecule has 7 nitrogen and oxygen atoms in total. The first-order valence-electron chi connectivity index (χ1n) is 6.78. The normalized spacial score (nSPS) is 15.5. The Bertz CT molecular complexity index is 609. The van der Waals surface area contributed by atoms with Gasteiger partial charge in [-0.15, -0.1) is 0 Å². The van der Waals surface area contributed by atoms with E-state index in [2.05, 4.69) is 0 Å². The highest BCUT2D eigenvalue weighted by molar-refractivity contribution is 5.83. The molecule has 0 unspecified atom stereocenters. The van der Waals surface area contributed by atoms with Gasteiger partial charge in [-0.2, -0.15) is 5.26 Å². The van der Waals surface area contributed by atoms with Gasteiger partial charge >= 0.3 is 0 Å². The smallest absolute Gasteiger partial charge is 0.292 e. The molecule has 0 N–H and O–H groups in total. The Labute approximate surface area is 122 Å². The maximum atomic E-state index is 12.1. The summed E-state index contributed by atoms with van der Waals surface area (Å²) in [4.78, 5) is 26.2. The predicted molar refractivity (Wildman–Crippen MR) is 76.9 cm³/mol. The summed E-state index contributed by atoms with van der Waals surface area (Å²) in [6.45, 7) is 3.85. The lowest BCUT2D eigenvalue weighted by Crippen LogP contribution is -2.36. The Morgan fingerprint density at radius 3 is 2.81 bits per heavy atom. The van der Waals surface area contributed by atoms with Gasteiger partial charge in [-0.05, 0) is 25.5 Å². The van der Waals surface area contributed by atoms with E-state index in [0.29, 0.717) is 30.9 Å². The number of hydrogen-bond donors (Lipinski definition) is 0. The van der Waals surface area contributed by atoms with Crippen LogP contribution in [0.4, 0.5) is 11.4 Å². The summed E-state index contributed by atoms with van der Waals surface area (Å²) in [5, 5.41) is 20.1. The number of benzene rings is 1. The minimum absolute atomic E-state index is 0.0494. The molecular formula is C14H16N4O3. The van der Waals surface area contributed by atoms with Crippen LogP contribution in [0.25, 0.3) is 0 Å². The van der Waals surface area contributed by atoms with Crippen LogP contribution in [0.15, 0.2) is 18.2 Å². The fourth-order valence-corrected chi connectivity index (χ4v) is 2.46. The van der Waals surface area contributed by atoms with Gasteiger partial charge in [0, 0.05) is 25.7 Å². The molecule has 1 aromatic carbocycles. The summed E-state index contributed by atoms with van der Waals surface area (Å²) in [5.41, 5.74) is 0.608. The molecule has 0 aromatic heterocycles. The number of hydrogen-bond acceptors (Lipinski definition) is 5. The summed E-state index contributed by atoms with van der Waals surface area (Å²) < 4.78 is 0. The first-order valence-corrected chi connectivity index (χ1v) is 6.78. The van der Waals surface area contributed by atoms with E-state index < -0.39 is 4.92 Å². The van der Waals surface area contributed by atoms with Crippen molar-refractivity contribution in [3.63, 3.8) is 0 Å². The zero-order chi connectivity index (χ0) is 15.4. The van der Waals surface area contributed by atoms with Crippen LogP contribution < -0.4 is 4.90 Å². The highest BCUT2D eigenvalue weighted by Crippen LogP contribution is 2.30. The van der Waals surface area contributed by atoms with Gasteiger partial charge in [-0.1, -0.05) is 0 Å². The Kier molecular flexibility index (Phi) is 4.38. The number of nitro groups is 1. The molecule has 0 saturated carbocycles. The third kappa shape index (κ3) is 3.11. The van der Waals surface area contributed by atoms with Gasteiger partial charge in [-0.3, -0.25) is 14.9 Å². The molecule has 0 atom stereocenters. The van der Waals surface area contributed by atoms with Crippen LogP contribution in [-0.4, -0.2) is 41.9 Å². The fourth-order valence-electron chi connectivity index (χ4n) is 2.46. The second-order valence-electron chi connectivity index (χ2n) is 4.82. The van der Waals surface area contributed by atoms with Crippen molar-refractivity contribution in [1.29, 1.82) is 5.26 Å². The molecule has 1 heterocycles. The zero-order valence-corrected chi connectivity index (χ0v) is 11.8. The van der Waals surface area contributed by atoms with E-state index in [1.807, 2.05) is 13.0 Å². The highest BCUT2D eigenvalue weighted by atomic mass is 16.6. The number of anilines is 1. The summed E-state index contributed by atoms with van der Waals surface area (Å²) in [7, 11) is 0. The summed E-state index contributed by atoms with van der Waals surface area (Å²) in [5.74, 6) is -0.0494. The lowest BCUT2D eigenvalue weighted by Gasteiger charge is -2.22. The Morgan fingerprint density at radius 2 is 2.19 bits per heavy atom. The number of amides is 1. The Hall–Kier alpha value is -2.62. The van der Waals surface area contributed by atoms with Crippen molar-refractivity contribution in [2.75, 3.05) is 31.1 Å². The van der Waals surface area contributed by atoms with E-state index in [4.69, 9.17) is 5.26 Å². The van der Waals surface area contributed by atoms with Gasteiger partial charge in [0.15, 0.2) is 0 Å². The van der Waals surface area contributed by atoms with Crippen LogP contribution in [0, 0.1) is 21.4 Å². The van der Waals surface area contributed by atoms with Crippen molar-refractivity contribution < 1.29 is 9.72 Å². The standard InChI is InChI=1S/C14H16N4O3/c1-2-16-6-3-7-17(10-14(16)19)13-8-11(9-15)4-5-12(13)18(20)21/h4-5,8H,2-3,6-7,10H2,1H3. The van der Waals surface area contributed by atoms with E-state index in [1.165, 1.54) is 18.2 Å². The van der Waals surface area contributed by atoms with Crippen LogP contribution in [0.3, 0.4) is 0 Å². The number of carbonyl (C=O) groups excluding carboxylic acids is 1. The minimum atomic E-state index is -0.483. The topological polar surface area (TPSA) is 90.5 Å². The van der Waals surface area contributed by atoms with Crippen molar-refractivity contribution >= 4 is 17.3 Å². The second kappa shape index (κ2) is 6.22. The monoisotopic (exact) mass is 288 g/mol. The summed E-state index contributed by atoms with van der Waals surface area (Å²) >= 11 is 0. The average Bonchev–Trinajstić information content (AvgIpc) is 2.67. The van der Waals surface area contributed by atoms with Gasteiger partial charge in [0.2, 0.25) is 5.91 Å². The van der Waals surface area contributed by atoms with Crippen molar-refractivity contribution in [3.8, 4) is 6.07 Å². The van der Waals surface area contributed by atoms with Crippen LogP contribution in [0.2, 0.25) is 0 Å². The minimum Gasteiger partial charge on any atom is -0.357 e. The molecule has 1 aliphatic rings. The predicted octanol–water partition coefficient (Wildman–Crippen LogP) is 1.53. The van der Waals surface area contributed by atoms with Gasteiger partial charge in [-0.25, -0.2) is 0 Å². The number of nitriles is 1. The SMILES string of the molecule is CCN1CCCN(c2cc(C#N)ccc2[N+](=O)[O-])CC1=O. The molecule has 7 heteroatoms. The molecule has 110 valence electrons. The van der Waals surface area contributed by atoms with E-state index in [0.717, 1.165) is 6.42 Å². The highest BCUT2D eigenvalue weighted by Gasteiger charge is 2.26. The van der Waals surface area contributed by atoms with Gasteiger partial charge in [0.1, 0.15) is 5.69 Å². The van der Waals surface area contributed by atoms with Crippen LogP contribution in [0.5, 0.6) is 0 Å². The van der Waals surface area contributed by atoms with Gasteiger partial charge in [0.25, 0.3) is 5.69 Å². The molecule has 0 radical (unpaired) electrons. The molecule has 1 aliphatic heterocycles. The molecular weight excluding hydrogens is 272 g/mol. The average molecular weight is 288 g/mol. The third-order valence-corrected chi connectivity index (χ3v) is 3.56. The third-order valence-electron chi connectivity index (χ3n) is 3.56. The number of nitro benzene ring substituents is 1. The molecule has 1 amide bonds. The number of likely N-dealkylation sites (N-methyl/N-ethyl adjacent to an activating group) is 1. The van der Waals surface area contributed by atoms with E-state index in [1.54, 1.807) is 9.80 Å². The lowest BCUT2D eigenvalue weighted by atomic mass is 10.1. The molecule has 0 spiro atoms. The lowest BCUT2D eigenvalue weighted by molar-refractivity contribution is -0.384. The molecule has 0 aliphatic carbocycles. The molecule has 21 heavy (non-hydrogen) atoms. The molecule has 1 aromatic rings. The van der Waals surface area contributed by atoms with Crippen LogP contribution in [0.1, 0.15) is 18.9 Å². The van der Waals surface area contributed by atoms with Gasteiger partial charge < -0.3 is 9.80 Å². The van der Waals surface area contributed by atoms with Crippen LogP contribution in [-0.2, 0) is 4.79 Å². The first kappa shape index (κ1) is 14.8. The summed E-state index contributed by atoms with van der Waals surface area (Å²) in [6, 6.07) is 6.19. The van der Waals surface area contributed by atoms with E-state index in [-0.39, 0.29) is 18.1 Å². The van der Waals surface area contributed by atoms with Crippen LogP contribution >= 0.6 is 0 Å². The molecule has 0 bridgehead atoms. The van der Waals surface area contributed by atoms with Crippen molar-refractivity contribution in [2.24, 2.45) is 0 Å². The molecule has 1 fully saturated rings. The Balaban J connectivity index is 2.38. The maximum absolute atomic E-state index is 12.1. The fraction of sp³-hybridized carbons (Fsp3) is 0.429. The molecule has 2 rings (SSSR count). The van der Waals surface area contributed by atoms with Crippen molar-refractivity contribution in [1.82, 2.24) is 4.90 Å². The van der Waals surface area contributed by atoms with Gasteiger partial charge in [0.05, 0.1) is 23.1 Å². The number of rotatable bonds is 3. The first-order chi connectivity index (χ1) is 10.1. The summed E-state index contributed by atoms with van der Waals surface area (Å²) in [6.07, 6.45) is 0.744. The quantitative estimate of drug-likeness (QED) is 0.621. The van der Waals surface area contributed by atoms with E-state index in [9.17, 15) is 14.9 Å². The van der Waals surface area contributed by atoms with Crippen molar-refractivity contribution in [2.45, 2.75) is 13.3 Å². The second-order valence-corrected chi connectivity index (χ2v) is 4.82.